The number of methoxy groups -OCH3 is 1. The Labute approximate surface area is 547 Å². The van der Waals surface area contributed by atoms with Crippen molar-refractivity contribution in [2.24, 2.45) is 17.8 Å². The molecule has 16 nitrogen and oxygen atoms in total. The van der Waals surface area contributed by atoms with Crippen LogP contribution in [0, 0.1) is 29.4 Å². The van der Waals surface area contributed by atoms with Crippen molar-refractivity contribution in [2.75, 3.05) is 58.8 Å². The number of ether oxygens (including phenoxy) is 1. The Morgan fingerprint density at radius 3 is 1.79 bits per heavy atom. The van der Waals surface area contributed by atoms with Crippen LogP contribution >= 0.6 is 109 Å². The van der Waals surface area contributed by atoms with E-state index in [4.69, 9.17) is 28.9 Å². The molecule has 7 rings (SSSR count). The van der Waals surface area contributed by atoms with Crippen LogP contribution in [0.2, 0.25) is 10.0 Å². The molecule has 0 bridgehead atoms. The van der Waals surface area contributed by atoms with E-state index in [2.05, 4.69) is 105 Å². The van der Waals surface area contributed by atoms with Gasteiger partial charge in [-0.25, -0.2) is 18.7 Å². The number of benzene rings is 2. The number of nitrogens with zero attached hydrogens (tertiary/aromatic N) is 4. The van der Waals surface area contributed by atoms with Crippen molar-refractivity contribution in [3.05, 3.63) is 141 Å². The molecule has 447 valence electrons. The number of halogens is 9. The SMILES string of the molecule is CC(C)Nc1cc(-c2c[nH]c(C(=O)NCc3cc(F)ccc3CO)c2)c(Cl)cn1.CC(C)Nc1cc(-c2cc3n(c2)CC(CO)CN(Cc2cc(F)ccc2CO)C3=O)c(Cl)cn1.COC(=O)C(CBr)CBr.OCC(CBr)CBr.[2H][IH][B].[AlH2]. The fourth-order valence-corrected chi connectivity index (χ4v) is 11.1. The minimum Gasteiger partial charge on any atom is 0.146 e. The van der Waals surface area contributed by atoms with Gasteiger partial charge in [0.25, 0.3) is 11.8 Å². The smallest absolute Gasteiger partial charge is 0.146 e. The Kier molecular flexibility index (Phi) is 35.2. The number of alkyl halides is 4. The number of carbonyl (C=O) groups excluding carboxylic acids is 3. The fraction of sp³-hybridized carbons (Fsp3) is 0.400. The zero-order valence-electron chi connectivity index (χ0n) is 47.2. The van der Waals surface area contributed by atoms with Gasteiger partial charge in [0, 0.05) is 132 Å². The third-order valence-electron chi connectivity index (χ3n) is 11.8. The normalized spacial score (nSPS) is 12.7. The monoisotopic (exact) mass is 1560 g/mol. The number of aromatic nitrogens is 4. The molecule has 0 fully saturated rings. The first kappa shape index (κ1) is 73.1. The third kappa shape index (κ3) is 23.6. The van der Waals surface area contributed by atoms with Gasteiger partial charge in [0.1, 0.15) is 52.0 Å². The number of aromatic amines is 1. The molecule has 0 saturated carbocycles. The standard InChI is InChI=1S/C25H28ClFN4O3.C21H22ClFN4O2.C5H8Br2O2.C4H8Br2O.Al.BH2I.2H/c1-15(2)29-24-7-21(22(26)8-28-24)19-6-23-25(34)31(10-16(13-32)9-30(23)12-19)11-18-5-20(27)4-3-17(18)14-33;1-12(2)27-20-7-17(18(22)10-25-20)15-6-19(24-9-15)21(29)26-8-14-5-16(23)4-3-13(14)11-28;1-9-5(8)4(2-6)3-7;5-1-4(2-6)3-7;;1-2;;/h3-8,12,15-16,32-33H,9-11,13-14H2,1-2H3,(H,28,29);3-7,9-10,12,24,28H,8,11H2,1-2H3,(H,25,27)(H,26,29);4H,2-3H2,1H3;4,7H,1-3H2;;2H2;;/i;;;;;2D;;. The van der Waals surface area contributed by atoms with Crippen molar-refractivity contribution in [1.29, 1.82) is 0.594 Å². The number of carbonyl (C=O) groups is 3. The molecule has 8 N–H and O–H groups in total. The Morgan fingerprint density at radius 2 is 1.34 bits per heavy atom. The first-order valence-electron chi connectivity index (χ1n) is 25.5. The van der Waals surface area contributed by atoms with E-state index in [0.29, 0.717) is 85.0 Å². The number of aliphatic hydroxyl groups is 4. The summed E-state index contributed by atoms with van der Waals surface area (Å²) < 4.78 is 39.8. The summed E-state index contributed by atoms with van der Waals surface area (Å²) in [7, 11) is 1.39. The number of H-pyrrole nitrogens is 1. The predicted molar refractivity (Wildman–Crippen MR) is 353 cm³/mol. The molecule has 1 aliphatic heterocycles. The second-order valence-corrected chi connectivity index (χ2v) is 22.1. The summed E-state index contributed by atoms with van der Waals surface area (Å²) in [6, 6.07) is 15.8. The molecular weight excluding hydrogens is 1490 g/mol. The number of aliphatic hydroxyl groups excluding tert-OH is 4. The van der Waals surface area contributed by atoms with Crippen LogP contribution < -0.4 is 16.0 Å². The minimum atomic E-state index is -0.780. The maximum absolute atomic E-state index is 13.9. The summed E-state index contributed by atoms with van der Waals surface area (Å²) in [5, 5.41) is 50.6. The van der Waals surface area contributed by atoms with Crippen LogP contribution in [0.25, 0.3) is 22.3 Å². The number of amides is 2. The Bertz CT molecular complexity index is 2960. The van der Waals surface area contributed by atoms with Crippen LogP contribution in [0.4, 0.5) is 20.4 Å². The number of nitrogens with one attached hydrogen (secondary N) is 4. The molecule has 82 heavy (non-hydrogen) atoms. The Hall–Kier alpha value is -3.16. The maximum Gasteiger partial charge on any atom is 0.146 e. The van der Waals surface area contributed by atoms with Crippen LogP contribution in [0.3, 0.4) is 0 Å². The van der Waals surface area contributed by atoms with Crippen LogP contribution in [-0.2, 0) is 42.4 Å². The predicted octanol–water partition coefficient (Wildman–Crippen LogP) is 10.0. The molecule has 4 aromatic heterocycles. The van der Waals surface area contributed by atoms with Crippen LogP contribution in [0.1, 0.15) is 70.9 Å². The van der Waals surface area contributed by atoms with Gasteiger partial charge in [0.15, 0.2) is 0 Å². The largest absolute Gasteiger partial charge is 0.146 e. The molecule has 3 radical (unpaired) electrons. The molecule has 0 saturated heterocycles. The minimum absolute atomic E-state index is 0. The average Bonchev–Trinajstić information content (AvgIpc) is 4.23. The quantitative estimate of drug-likeness (QED) is 0.0155. The Morgan fingerprint density at radius 1 is 0.817 bits per heavy atom. The van der Waals surface area contributed by atoms with Gasteiger partial charge in [0.2, 0.25) is 0 Å². The van der Waals surface area contributed by atoms with Gasteiger partial charge in [-0.2, -0.15) is 0 Å². The second kappa shape index (κ2) is 39.5. The first-order chi connectivity index (χ1) is 39.2. The number of rotatable bonds is 20. The maximum atomic E-state index is 13.9. The van der Waals surface area contributed by atoms with Gasteiger partial charge in [-0.05, 0) is 98.5 Å². The van der Waals surface area contributed by atoms with E-state index in [0.717, 1.165) is 32.9 Å². The van der Waals surface area contributed by atoms with Gasteiger partial charge in [-0.3, -0.25) is 14.4 Å². The Balaban J connectivity index is 0.000000432. The van der Waals surface area contributed by atoms with Crippen LogP contribution in [-0.4, -0.2) is 147 Å². The van der Waals surface area contributed by atoms with Crippen molar-refractivity contribution in [1.82, 2.24) is 29.7 Å². The van der Waals surface area contributed by atoms with Crippen molar-refractivity contribution >= 4 is 162 Å². The van der Waals surface area contributed by atoms with E-state index in [1.165, 1.54) is 43.5 Å². The molecule has 0 aliphatic carbocycles. The van der Waals surface area contributed by atoms with Crippen molar-refractivity contribution < 1.29 is 48.3 Å². The first-order valence-corrected chi connectivity index (χ1v) is 31.7. The van der Waals surface area contributed by atoms with Crippen molar-refractivity contribution in [3.63, 3.8) is 0 Å². The number of anilines is 2. The van der Waals surface area contributed by atoms with E-state index in [9.17, 15) is 38.5 Å². The molecule has 2 aromatic carbocycles. The third-order valence-corrected chi connectivity index (χ3v) is 15.8. The number of hydrogen-bond donors (Lipinski definition) is 8. The fourth-order valence-electron chi connectivity index (χ4n) is 7.64. The van der Waals surface area contributed by atoms with Gasteiger partial charge < -0.3 is 55.6 Å². The summed E-state index contributed by atoms with van der Waals surface area (Å²) in [6.45, 7) is 8.70. The zero-order chi connectivity index (χ0) is 61.1. The molecule has 1 aliphatic rings. The van der Waals surface area contributed by atoms with Gasteiger partial charge in [0.05, 0.1) is 36.3 Å². The van der Waals surface area contributed by atoms with Gasteiger partial charge in [-0.15, -0.1) is 0 Å². The average molecular weight is 1570 g/mol. The van der Waals surface area contributed by atoms with E-state index in [-0.39, 0.29) is 98.6 Å². The van der Waals surface area contributed by atoms with Crippen LogP contribution in [0.15, 0.2) is 85.5 Å². The van der Waals surface area contributed by atoms with Crippen molar-refractivity contribution in [2.45, 2.75) is 72.6 Å². The summed E-state index contributed by atoms with van der Waals surface area (Å²) in [6.07, 6.45) is 6.70. The van der Waals surface area contributed by atoms with Gasteiger partial charge in [-0.1, -0.05) is 99.1 Å². The zero-order valence-corrected chi connectivity index (χ0v) is 58.4. The summed E-state index contributed by atoms with van der Waals surface area (Å²) in [4.78, 5) is 49.8. The summed E-state index contributed by atoms with van der Waals surface area (Å²) in [5.74, 6) is -0.143. The molecule has 5 heterocycles. The van der Waals surface area contributed by atoms with Crippen LogP contribution in [0.5, 0.6) is 0 Å². The molecule has 0 spiro atoms. The summed E-state index contributed by atoms with van der Waals surface area (Å²) >= 11 is 24.8. The molecule has 1 atom stereocenters. The van der Waals surface area contributed by atoms with Gasteiger partial charge >= 0.3 is 34.4 Å². The van der Waals surface area contributed by atoms with E-state index in [1.54, 1.807) is 35.6 Å². The topological polar surface area (TPSA) is 227 Å². The number of esters is 1. The molecule has 2 amide bonds. The number of pyridine rings is 2. The molecule has 6 aromatic rings. The van der Waals surface area contributed by atoms with E-state index in [1.807, 2.05) is 50.6 Å². The van der Waals surface area contributed by atoms with Crippen molar-refractivity contribution in [3.8, 4) is 22.3 Å². The molecular formula is C55H70AlBBr4Cl2F2IN8O8. The second-order valence-electron chi connectivity index (χ2n) is 18.7. The molecule has 1 unspecified atom stereocenters. The molecule has 27 heteroatoms. The number of fused-ring (bicyclic) bond motifs is 1. The van der Waals surface area contributed by atoms with E-state index < -0.39 is 33.8 Å². The van der Waals surface area contributed by atoms with E-state index >= 15 is 0 Å². The number of hydrogen-bond acceptors (Lipinski definition) is 12. The summed E-state index contributed by atoms with van der Waals surface area (Å²) in [5.41, 5.74) is 10.6.